The van der Waals surface area contributed by atoms with Crippen LogP contribution >= 0.6 is 0 Å². The second kappa shape index (κ2) is 6.64. The smallest absolute Gasteiger partial charge is 0.220 e. The van der Waals surface area contributed by atoms with Gasteiger partial charge in [-0.25, -0.2) is 4.39 Å². The summed E-state index contributed by atoms with van der Waals surface area (Å²) in [6.07, 6.45) is 5.29. The van der Waals surface area contributed by atoms with Crippen LogP contribution in [0, 0.1) is 11.7 Å². The largest absolute Gasteiger partial charge is 0.349 e. The van der Waals surface area contributed by atoms with Crippen LogP contribution in [0.2, 0.25) is 0 Å². The van der Waals surface area contributed by atoms with Crippen LogP contribution in [0.15, 0.2) is 24.3 Å². The summed E-state index contributed by atoms with van der Waals surface area (Å²) in [5.74, 6) is 0.739. The lowest BCUT2D eigenvalue weighted by atomic mass is 10.0. The van der Waals surface area contributed by atoms with Gasteiger partial charge in [-0.05, 0) is 53.5 Å². The molecule has 2 aromatic rings. The Kier molecular flexibility index (Phi) is 4.41. The summed E-state index contributed by atoms with van der Waals surface area (Å²) < 4.78 is 14.5. The maximum absolute atomic E-state index is 13.0. The van der Waals surface area contributed by atoms with E-state index in [2.05, 4.69) is 20.8 Å². The van der Waals surface area contributed by atoms with Crippen molar-refractivity contribution >= 4 is 5.91 Å². The monoisotopic (exact) mass is 303 g/mol. The molecule has 1 aromatic heterocycles. The zero-order valence-corrected chi connectivity index (χ0v) is 12.2. The first-order valence-electron chi connectivity index (χ1n) is 7.52. The van der Waals surface area contributed by atoms with Gasteiger partial charge >= 0.3 is 0 Å². The minimum Gasteiger partial charge on any atom is -0.349 e. The van der Waals surface area contributed by atoms with Crippen LogP contribution in [0.1, 0.15) is 37.9 Å². The zero-order chi connectivity index (χ0) is 15.4. The molecule has 0 spiro atoms. The number of tetrazole rings is 1. The third-order valence-corrected chi connectivity index (χ3v) is 4.00. The molecular weight excluding hydrogens is 285 g/mol. The summed E-state index contributed by atoms with van der Waals surface area (Å²) in [6, 6.07) is 5.88. The van der Waals surface area contributed by atoms with E-state index in [1.54, 1.807) is 12.1 Å². The van der Waals surface area contributed by atoms with E-state index in [0.29, 0.717) is 23.9 Å². The molecule has 1 N–H and O–H groups in total. The maximum Gasteiger partial charge on any atom is 0.220 e. The van der Waals surface area contributed by atoms with Crippen LogP contribution in [-0.2, 0) is 11.3 Å². The molecule has 22 heavy (non-hydrogen) atoms. The number of hydrogen-bond acceptors (Lipinski definition) is 4. The molecule has 1 saturated carbocycles. The first-order chi connectivity index (χ1) is 10.7. The lowest BCUT2D eigenvalue weighted by molar-refractivity contribution is -0.122. The normalized spacial score (nSPS) is 15.1. The number of aromatic nitrogens is 4. The van der Waals surface area contributed by atoms with Crippen LogP contribution in [0.3, 0.4) is 0 Å². The molecule has 1 aromatic carbocycles. The van der Waals surface area contributed by atoms with E-state index in [0.717, 1.165) is 12.8 Å². The van der Waals surface area contributed by atoms with Gasteiger partial charge in [0.15, 0.2) is 5.82 Å². The van der Waals surface area contributed by atoms with Gasteiger partial charge in [0, 0.05) is 6.42 Å². The van der Waals surface area contributed by atoms with Crippen molar-refractivity contribution in [1.29, 1.82) is 0 Å². The van der Waals surface area contributed by atoms with Crippen LogP contribution in [0.25, 0.3) is 5.69 Å². The Hall–Kier alpha value is -2.31. The molecule has 6 nitrogen and oxygen atoms in total. The lowest BCUT2D eigenvalue weighted by Gasteiger charge is -2.09. The zero-order valence-electron chi connectivity index (χ0n) is 12.2. The topological polar surface area (TPSA) is 72.7 Å². The molecule has 0 atom stereocenters. The molecule has 1 aliphatic rings. The fourth-order valence-corrected chi connectivity index (χ4v) is 2.83. The Balaban J connectivity index is 1.60. The van der Waals surface area contributed by atoms with Crippen molar-refractivity contribution in [1.82, 2.24) is 25.5 Å². The van der Waals surface area contributed by atoms with Gasteiger partial charge < -0.3 is 5.32 Å². The number of carbonyl (C=O) groups excluding carboxylic acids is 1. The first-order valence-corrected chi connectivity index (χ1v) is 7.52. The van der Waals surface area contributed by atoms with E-state index in [-0.39, 0.29) is 18.3 Å². The fourth-order valence-electron chi connectivity index (χ4n) is 2.83. The molecule has 0 radical (unpaired) electrons. The van der Waals surface area contributed by atoms with E-state index >= 15 is 0 Å². The van der Waals surface area contributed by atoms with Gasteiger partial charge in [-0.1, -0.05) is 12.8 Å². The van der Waals surface area contributed by atoms with Crippen LogP contribution in [0.5, 0.6) is 0 Å². The van der Waals surface area contributed by atoms with Crippen molar-refractivity contribution in [3.63, 3.8) is 0 Å². The Morgan fingerprint density at radius 1 is 1.27 bits per heavy atom. The number of nitrogens with one attached hydrogen (secondary N) is 1. The molecule has 116 valence electrons. The number of amides is 1. The maximum atomic E-state index is 13.0. The van der Waals surface area contributed by atoms with Gasteiger partial charge in [0.05, 0.1) is 12.2 Å². The summed E-state index contributed by atoms with van der Waals surface area (Å²) in [7, 11) is 0. The van der Waals surface area contributed by atoms with Crippen LogP contribution in [-0.4, -0.2) is 26.1 Å². The molecule has 0 unspecified atom stereocenters. The summed E-state index contributed by atoms with van der Waals surface area (Å²) in [5.41, 5.74) is 0.659. The summed E-state index contributed by atoms with van der Waals surface area (Å²) in [5, 5.41) is 14.3. The second-order valence-electron chi connectivity index (χ2n) is 5.61. The Labute approximate surface area is 127 Å². The molecule has 1 heterocycles. The molecule has 1 fully saturated rings. The number of rotatable bonds is 5. The molecule has 0 saturated heterocycles. The van der Waals surface area contributed by atoms with Gasteiger partial charge in [-0.3, -0.25) is 4.79 Å². The number of hydrogen-bond donors (Lipinski definition) is 1. The van der Waals surface area contributed by atoms with E-state index in [4.69, 9.17) is 0 Å². The van der Waals surface area contributed by atoms with Gasteiger partial charge in [0.1, 0.15) is 5.82 Å². The molecule has 7 heteroatoms. The highest BCUT2D eigenvalue weighted by molar-refractivity contribution is 5.76. The number of carbonyl (C=O) groups is 1. The molecule has 0 aliphatic heterocycles. The van der Waals surface area contributed by atoms with Crippen LogP contribution in [0.4, 0.5) is 4.39 Å². The van der Waals surface area contributed by atoms with Gasteiger partial charge in [0.25, 0.3) is 0 Å². The van der Waals surface area contributed by atoms with Gasteiger partial charge in [0.2, 0.25) is 5.91 Å². The molecular formula is C15H18FN5O. The first kappa shape index (κ1) is 14.6. The van der Waals surface area contributed by atoms with Gasteiger partial charge in [-0.2, -0.15) is 4.68 Å². The molecule has 1 aliphatic carbocycles. The highest BCUT2D eigenvalue weighted by Crippen LogP contribution is 2.27. The molecule has 0 bridgehead atoms. The van der Waals surface area contributed by atoms with E-state index in [1.165, 1.54) is 29.7 Å². The quantitative estimate of drug-likeness (QED) is 0.917. The van der Waals surface area contributed by atoms with Crippen molar-refractivity contribution in [2.75, 3.05) is 0 Å². The van der Waals surface area contributed by atoms with Crippen molar-refractivity contribution in [3.05, 3.63) is 35.9 Å². The standard InChI is InChI=1S/C15H18FN5O/c16-12-5-7-13(8-6-12)21-14(18-19-20-21)10-17-15(22)9-11-3-1-2-4-11/h5-8,11H,1-4,9-10H2,(H,17,22). The van der Waals surface area contributed by atoms with E-state index in [9.17, 15) is 9.18 Å². The fraction of sp³-hybridized carbons (Fsp3) is 0.467. The van der Waals surface area contributed by atoms with E-state index < -0.39 is 0 Å². The van der Waals surface area contributed by atoms with Crippen molar-refractivity contribution in [2.24, 2.45) is 5.92 Å². The van der Waals surface area contributed by atoms with Crippen molar-refractivity contribution in [2.45, 2.75) is 38.6 Å². The van der Waals surface area contributed by atoms with Gasteiger partial charge in [-0.15, -0.1) is 5.10 Å². The Morgan fingerprint density at radius 2 is 2.00 bits per heavy atom. The third-order valence-electron chi connectivity index (χ3n) is 4.00. The van der Waals surface area contributed by atoms with Crippen molar-refractivity contribution in [3.8, 4) is 5.69 Å². The predicted octanol–water partition coefficient (Wildman–Crippen LogP) is 2.00. The summed E-state index contributed by atoms with van der Waals surface area (Å²) in [6.45, 7) is 0.260. The summed E-state index contributed by atoms with van der Waals surface area (Å²) in [4.78, 5) is 11.9. The Bertz CT molecular complexity index is 634. The minimum atomic E-state index is -0.316. The second-order valence-corrected chi connectivity index (χ2v) is 5.61. The van der Waals surface area contributed by atoms with E-state index in [1.807, 2.05) is 0 Å². The average molecular weight is 303 g/mol. The average Bonchev–Trinajstić information content (AvgIpc) is 3.17. The SMILES string of the molecule is O=C(CC1CCCC1)NCc1nnnn1-c1ccc(F)cc1. The highest BCUT2D eigenvalue weighted by Gasteiger charge is 2.18. The molecule has 3 rings (SSSR count). The minimum absolute atomic E-state index is 0.0283. The lowest BCUT2D eigenvalue weighted by Crippen LogP contribution is -2.26. The van der Waals surface area contributed by atoms with Crippen molar-refractivity contribution < 1.29 is 9.18 Å². The molecule has 1 amide bonds. The summed E-state index contributed by atoms with van der Waals surface area (Å²) >= 11 is 0. The number of benzene rings is 1. The predicted molar refractivity (Wildman–Crippen MR) is 77.5 cm³/mol. The number of nitrogens with zero attached hydrogens (tertiary/aromatic N) is 4. The highest BCUT2D eigenvalue weighted by atomic mass is 19.1. The number of halogens is 1. The van der Waals surface area contributed by atoms with Crippen LogP contribution < -0.4 is 5.32 Å². The Morgan fingerprint density at radius 3 is 2.73 bits per heavy atom. The third kappa shape index (κ3) is 3.47.